The van der Waals surface area contributed by atoms with Gasteiger partial charge in [0.2, 0.25) is 11.8 Å². The van der Waals surface area contributed by atoms with E-state index in [9.17, 15) is 14.7 Å². The number of rotatable bonds is 5. The maximum absolute atomic E-state index is 11.5. The standard InChI is InChI=1S/C21H20N8O3/c1-11(30)23-14-3-2-4-15(8-14)24-17-9-18(25-13-5-6-13)29-19(27-17)12(10-22-29)7-16-20(31)28-21(32)26-16/h2-4,7-10,13,24,31H,5-6H2,1H3,(H,23,30)(H2,26,28,32). The van der Waals surface area contributed by atoms with Gasteiger partial charge in [0.1, 0.15) is 11.5 Å². The van der Waals surface area contributed by atoms with Gasteiger partial charge in [-0.2, -0.15) is 9.61 Å². The molecule has 162 valence electrons. The average Bonchev–Trinajstić information content (AvgIpc) is 3.36. The van der Waals surface area contributed by atoms with E-state index in [1.54, 1.807) is 28.9 Å². The van der Waals surface area contributed by atoms with Gasteiger partial charge in [-0.05, 0) is 37.1 Å². The topological polar surface area (TPSA) is 153 Å². The van der Waals surface area contributed by atoms with Crippen LogP contribution in [0.5, 0.6) is 5.88 Å². The Hall–Kier alpha value is -4.41. The van der Waals surface area contributed by atoms with Crippen LogP contribution in [0.15, 0.2) is 46.3 Å². The van der Waals surface area contributed by atoms with Crippen molar-refractivity contribution in [2.24, 2.45) is 4.99 Å². The van der Waals surface area contributed by atoms with Crippen molar-refractivity contribution >= 4 is 34.8 Å². The predicted molar refractivity (Wildman–Crippen MR) is 117 cm³/mol. The number of imidazole rings is 1. The molecule has 1 aliphatic rings. The third-order valence-corrected chi connectivity index (χ3v) is 4.83. The summed E-state index contributed by atoms with van der Waals surface area (Å²) in [7, 11) is 0. The molecule has 3 heterocycles. The highest BCUT2D eigenvalue weighted by Crippen LogP contribution is 2.23. The van der Waals surface area contributed by atoms with E-state index in [1.165, 1.54) is 6.92 Å². The lowest BCUT2D eigenvalue weighted by molar-refractivity contribution is -0.114. The molecule has 1 amide bonds. The van der Waals surface area contributed by atoms with Crippen molar-refractivity contribution in [3.8, 4) is 5.88 Å². The second kappa shape index (κ2) is 7.69. The zero-order valence-corrected chi connectivity index (χ0v) is 17.1. The van der Waals surface area contributed by atoms with E-state index in [-0.39, 0.29) is 23.5 Å². The Labute approximate surface area is 180 Å². The lowest BCUT2D eigenvalue weighted by Crippen LogP contribution is -2.19. The molecule has 5 N–H and O–H groups in total. The Bertz CT molecular complexity index is 1510. The van der Waals surface area contributed by atoms with Crippen LogP contribution in [0.3, 0.4) is 0 Å². The number of nitrogens with one attached hydrogen (secondary N) is 4. The summed E-state index contributed by atoms with van der Waals surface area (Å²) < 4.78 is 1.63. The largest absolute Gasteiger partial charge is 0.493 e. The summed E-state index contributed by atoms with van der Waals surface area (Å²) in [6.45, 7) is 1.45. The summed E-state index contributed by atoms with van der Waals surface area (Å²) in [5, 5.41) is 20.9. The molecule has 0 aliphatic heterocycles. The number of benzene rings is 1. The van der Waals surface area contributed by atoms with Crippen LogP contribution in [0.2, 0.25) is 0 Å². The number of hydrogen-bond acceptors (Lipinski definition) is 7. The molecule has 0 radical (unpaired) electrons. The summed E-state index contributed by atoms with van der Waals surface area (Å²) in [6, 6.07) is 9.36. The van der Waals surface area contributed by atoms with E-state index in [4.69, 9.17) is 4.99 Å². The Morgan fingerprint density at radius 3 is 2.81 bits per heavy atom. The van der Waals surface area contributed by atoms with Crippen molar-refractivity contribution in [2.45, 2.75) is 25.8 Å². The monoisotopic (exact) mass is 432 g/mol. The maximum Gasteiger partial charge on any atom is 0.326 e. The average molecular weight is 432 g/mol. The normalized spacial score (nSPS) is 14.8. The van der Waals surface area contributed by atoms with Gasteiger partial charge in [0, 0.05) is 29.6 Å². The quantitative estimate of drug-likeness (QED) is 0.314. The van der Waals surface area contributed by atoms with Crippen LogP contribution in [0.1, 0.15) is 25.5 Å². The lowest BCUT2D eigenvalue weighted by Gasteiger charge is -2.09. The molecule has 1 saturated carbocycles. The van der Waals surface area contributed by atoms with E-state index >= 15 is 0 Å². The highest BCUT2D eigenvalue weighted by atomic mass is 16.3. The number of carbonyl (C=O) groups is 1. The van der Waals surface area contributed by atoms with E-state index in [0.29, 0.717) is 27.9 Å². The van der Waals surface area contributed by atoms with Gasteiger partial charge in [-0.3, -0.25) is 14.8 Å². The van der Waals surface area contributed by atoms with Crippen molar-refractivity contribution in [1.82, 2.24) is 24.6 Å². The second-order valence-electron chi connectivity index (χ2n) is 7.57. The minimum atomic E-state index is -0.510. The fourth-order valence-corrected chi connectivity index (χ4v) is 3.29. The lowest BCUT2D eigenvalue weighted by atomic mass is 10.2. The van der Waals surface area contributed by atoms with Gasteiger partial charge in [0.05, 0.1) is 12.2 Å². The zero-order chi connectivity index (χ0) is 22.2. The predicted octanol–water partition coefficient (Wildman–Crippen LogP) is 0.764. The number of carbonyl (C=O) groups excluding carboxylic acids is 1. The number of nitrogens with zero attached hydrogens (tertiary/aromatic N) is 4. The fraction of sp³-hybridized carbons (Fsp3) is 0.190. The van der Waals surface area contributed by atoms with Crippen molar-refractivity contribution in [1.29, 1.82) is 0 Å². The van der Waals surface area contributed by atoms with Crippen molar-refractivity contribution in [3.05, 3.63) is 63.4 Å². The summed E-state index contributed by atoms with van der Waals surface area (Å²) in [5.74, 6) is 0.123. The van der Waals surface area contributed by atoms with Crippen LogP contribution in [0.4, 0.5) is 17.2 Å². The summed E-state index contributed by atoms with van der Waals surface area (Å²) in [5.41, 5.74) is 2.27. The van der Waals surface area contributed by atoms with Crippen LogP contribution in [-0.4, -0.2) is 41.6 Å². The number of aromatic amines is 2. The molecule has 3 aromatic heterocycles. The number of H-pyrrole nitrogens is 2. The minimum absolute atomic E-state index is 0.155. The summed E-state index contributed by atoms with van der Waals surface area (Å²) in [6.07, 6.45) is 5.25. The van der Waals surface area contributed by atoms with Crippen molar-refractivity contribution in [3.63, 3.8) is 0 Å². The number of amides is 1. The second-order valence-corrected chi connectivity index (χ2v) is 7.57. The first kappa shape index (κ1) is 19.5. The molecule has 1 aliphatic carbocycles. The molecule has 1 aromatic carbocycles. The third kappa shape index (κ3) is 4.08. The maximum atomic E-state index is 11.5. The van der Waals surface area contributed by atoms with Gasteiger partial charge in [0.15, 0.2) is 11.1 Å². The van der Waals surface area contributed by atoms with Gasteiger partial charge in [0.25, 0.3) is 0 Å². The molecule has 0 bridgehead atoms. The SMILES string of the molecule is CC(=O)Nc1cccc(Nc2cc(=NC3CC3)n3ncc(=Cc4[nH]c(=O)[nH]c4O)c3n2)c1. The first-order valence-corrected chi connectivity index (χ1v) is 10.0. The molecule has 4 aromatic rings. The highest BCUT2D eigenvalue weighted by molar-refractivity contribution is 5.89. The highest BCUT2D eigenvalue weighted by Gasteiger charge is 2.20. The summed E-state index contributed by atoms with van der Waals surface area (Å²) >= 11 is 0. The van der Waals surface area contributed by atoms with Crippen molar-refractivity contribution < 1.29 is 9.90 Å². The Morgan fingerprint density at radius 2 is 2.09 bits per heavy atom. The van der Waals surface area contributed by atoms with Gasteiger partial charge in [-0.1, -0.05) is 6.07 Å². The van der Waals surface area contributed by atoms with Crippen LogP contribution in [0, 0.1) is 0 Å². The molecule has 0 atom stereocenters. The fourth-order valence-electron chi connectivity index (χ4n) is 3.29. The molecule has 0 spiro atoms. The molecule has 0 unspecified atom stereocenters. The minimum Gasteiger partial charge on any atom is -0.493 e. The molecule has 11 nitrogen and oxygen atoms in total. The van der Waals surface area contributed by atoms with Crippen LogP contribution >= 0.6 is 0 Å². The first-order valence-electron chi connectivity index (χ1n) is 10.0. The van der Waals surface area contributed by atoms with Gasteiger partial charge >= 0.3 is 5.69 Å². The molecule has 1 fully saturated rings. The van der Waals surface area contributed by atoms with Crippen LogP contribution in [0.25, 0.3) is 11.7 Å². The number of aromatic nitrogens is 5. The Morgan fingerprint density at radius 1 is 1.28 bits per heavy atom. The van der Waals surface area contributed by atoms with Crippen molar-refractivity contribution in [2.75, 3.05) is 10.6 Å². The van der Waals surface area contributed by atoms with E-state index < -0.39 is 5.69 Å². The Balaban J connectivity index is 1.61. The smallest absolute Gasteiger partial charge is 0.326 e. The van der Waals surface area contributed by atoms with E-state index in [0.717, 1.165) is 18.5 Å². The number of anilines is 3. The van der Waals surface area contributed by atoms with Crippen LogP contribution in [-0.2, 0) is 4.79 Å². The van der Waals surface area contributed by atoms with Gasteiger partial charge in [-0.25, -0.2) is 9.78 Å². The number of fused-ring (bicyclic) bond motifs is 1. The third-order valence-electron chi connectivity index (χ3n) is 4.83. The number of aromatic hydroxyl groups is 1. The summed E-state index contributed by atoms with van der Waals surface area (Å²) in [4.78, 5) is 37.0. The molecular weight excluding hydrogens is 412 g/mol. The molecule has 32 heavy (non-hydrogen) atoms. The van der Waals surface area contributed by atoms with Gasteiger partial charge < -0.3 is 20.7 Å². The molecule has 11 heteroatoms. The van der Waals surface area contributed by atoms with E-state index in [2.05, 4.69) is 30.7 Å². The molecule has 5 rings (SSSR count). The van der Waals surface area contributed by atoms with Crippen LogP contribution < -0.4 is 27.0 Å². The molecule has 0 saturated heterocycles. The Kier molecular flexibility index (Phi) is 4.70. The first-order chi connectivity index (χ1) is 15.4. The van der Waals surface area contributed by atoms with E-state index in [1.807, 2.05) is 18.2 Å². The molecular formula is C21H20N8O3. The zero-order valence-electron chi connectivity index (χ0n) is 17.1. The number of hydrogen-bond donors (Lipinski definition) is 5. The van der Waals surface area contributed by atoms with Gasteiger partial charge in [-0.15, -0.1) is 0 Å².